The van der Waals surface area contributed by atoms with Crippen molar-refractivity contribution in [2.45, 2.75) is 24.6 Å². The number of nitrogen functional groups attached to an aromatic ring is 1. The number of aliphatic hydroxyl groups is 1. The second-order valence-corrected chi connectivity index (χ2v) is 5.53. The number of thioether (sulfide) groups is 1. The van der Waals surface area contributed by atoms with Gasteiger partial charge < -0.3 is 20.9 Å². The zero-order valence-electron chi connectivity index (χ0n) is 11.8. The van der Waals surface area contributed by atoms with Gasteiger partial charge in [0.2, 0.25) is 5.91 Å². The normalized spacial score (nSPS) is 13.6. The zero-order chi connectivity index (χ0) is 15.0. The predicted octanol–water partition coefficient (Wildman–Crippen LogP) is 1.27. The summed E-state index contributed by atoms with van der Waals surface area (Å²) in [7, 11) is 0. The van der Waals surface area contributed by atoms with Gasteiger partial charge in [0.05, 0.1) is 25.3 Å². The maximum Gasteiger partial charge on any atom is 0.223 e. The van der Waals surface area contributed by atoms with Crippen LogP contribution in [-0.4, -0.2) is 41.8 Å². The number of nitrogens with one attached hydrogen (secondary N) is 1. The first-order chi connectivity index (χ1) is 9.58. The SMILES string of the molecule is CSC(CO)C(C)NC(=O)CCOc1ccccc1N. The molecule has 5 nitrogen and oxygen atoms in total. The summed E-state index contributed by atoms with van der Waals surface area (Å²) in [6, 6.07) is 7.10. The Labute approximate surface area is 123 Å². The molecule has 0 spiro atoms. The highest BCUT2D eigenvalue weighted by atomic mass is 32.2. The van der Waals surface area contributed by atoms with E-state index in [2.05, 4.69) is 5.32 Å². The summed E-state index contributed by atoms with van der Waals surface area (Å²) in [5, 5.41) is 12.0. The van der Waals surface area contributed by atoms with Gasteiger partial charge in [0.25, 0.3) is 0 Å². The molecular weight excluding hydrogens is 276 g/mol. The predicted molar refractivity (Wildman–Crippen MR) is 83.0 cm³/mol. The minimum atomic E-state index is -0.0977. The number of hydrogen-bond donors (Lipinski definition) is 3. The van der Waals surface area contributed by atoms with Crippen molar-refractivity contribution in [1.29, 1.82) is 0 Å². The van der Waals surface area contributed by atoms with Crippen LogP contribution in [-0.2, 0) is 4.79 Å². The Bertz CT molecular complexity index is 425. The third-order valence-electron chi connectivity index (χ3n) is 2.93. The Morgan fingerprint density at radius 1 is 1.50 bits per heavy atom. The fourth-order valence-corrected chi connectivity index (χ4v) is 2.35. The van der Waals surface area contributed by atoms with Crippen LogP contribution in [0.5, 0.6) is 5.75 Å². The smallest absolute Gasteiger partial charge is 0.223 e. The Morgan fingerprint density at radius 3 is 2.80 bits per heavy atom. The molecule has 0 aromatic heterocycles. The molecule has 2 unspecified atom stereocenters. The van der Waals surface area contributed by atoms with Crippen molar-refractivity contribution in [2.75, 3.05) is 25.2 Å². The van der Waals surface area contributed by atoms with Crippen LogP contribution in [0.2, 0.25) is 0 Å². The van der Waals surface area contributed by atoms with Gasteiger partial charge >= 0.3 is 0 Å². The van der Waals surface area contributed by atoms with Crippen LogP contribution in [0, 0.1) is 0 Å². The topological polar surface area (TPSA) is 84.6 Å². The van der Waals surface area contributed by atoms with Crippen molar-refractivity contribution >= 4 is 23.4 Å². The van der Waals surface area contributed by atoms with Gasteiger partial charge in [-0.05, 0) is 25.3 Å². The summed E-state index contributed by atoms with van der Waals surface area (Å²) >= 11 is 1.53. The molecule has 1 aromatic carbocycles. The molecule has 6 heteroatoms. The summed E-state index contributed by atoms with van der Waals surface area (Å²) in [5.74, 6) is 0.491. The van der Waals surface area contributed by atoms with E-state index in [-0.39, 0.29) is 36.8 Å². The van der Waals surface area contributed by atoms with Gasteiger partial charge in [-0.25, -0.2) is 0 Å². The quantitative estimate of drug-likeness (QED) is 0.629. The van der Waals surface area contributed by atoms with Crippen molar-refractivity contribution in [3.8, 4) is 5.75 Å². The van der Waals surface area contributed by atoms with Crippen LogP contribution in [0.4, 0.5) is 5.69 Å². The lowest BCUT2D eigenvalue weighted by Crippen LogP contribution is -2.41. The molecule has 112 valence electrons. The largest absolute Gasteiger partial charge is 0.491 e. The molecule has 20 heavy (non-hydrogen) atoms. The molecule has 0 fully saturated rings. The summed E-state index contributed by atoms with van der Waals surface area (Å²) in [6.45, 7) is 2.20. The van der Waals surface area contributed by atoms with E-state index < -0.39 is 0 Å². The molecular formula is C14H22N2O3S. The summed E-state index contributed by atoms with van der Waals surface area (Å²) in [5.41, 5.74) is 6.30. The van der Waals surface area contributed by atoms with E-state index in [4.69, 9.17) is 15.6 Å². The van der Waals surface area contributed by atoms with Gasteiger partial charge in [0.15, 0.2) is 0 Å². The van der Waals surface area contributed by atoms with E-state index in [0.717, 1.165) is 0 Å². The summed E-state index contributed by atoms with van der Waals surface area (Å²) < 4.78 is 5.46. The number of carbonyl (C=O) groups excluding carboxylic acids is 1. The maximum atomic E-state index is 11.8. The monoisotopic (exact) mass is 298 g/mol. The average Bonchev–Trinajstić information content (AvgIpc) is 2.42. The van der Waals surface area contributed by atoms with Crippen molar-refractivity contribution < 1.29 is 14.6 Å². The highest BCUT2D eigenvalue weighted by molar-refractivity contribution is 7.99. The molecule has 4 N–H and O–H groups in total. The average molecular weight is 298 g/mol. The second-order valence-electron chi connectivity index (χ2n) is 4.45. The van der Waals surface area contributed by atoms with Crippen molar-refractivity contribution in [2.24, 2.45) is 0 Å². The van der Waals surface area contributed by atoms with E-state index in [9.17, 15) is 4.79 Å². The lowest BCUT2D eigenvalue weighted by Gasteiger charge is -2.21. The number of hydrogen-bond acceptors (Lipinski definition) is 5. The lowest BCUT2D eigenvalue weighted by molar-refractivity contribution is -0.122. The first-order valence-corrected chi connectivity index (χ1v) is 7.77. The molecule has 0 heterocycles. The molecule has 0 aliphatic carbocycles. The van der Waals surface area contributed by atoms with Gasteiger partial charge in [-0.1, -0.05) is 12.1 Å². The molecule has 0 aliphatic heterocycles. The number of para-hydroxylation sites is 2. The minimum absolute atomic E-state index is 0.00429. The standard InChI is InChI=1S/C14H22N2O3S/c1-10(13(9-17)20-2)16-14(18)7-8-19-12-6-4-3-5-11(12)15/h3-6,10,13,17H,7-9,15H2,1-2H3,(H,16,18). The first-order valence-electron chi connectivity index (χ1n) is 6.48. The molecule has 0 aliphatic rings. The minimum Gasteiger partial charge on any atom is -0.491 e. The molecule has 2 atom stereocenters. The van der Waals surface area contributed by atoms with E-state index in [1.807, 2.05) is 25.3 Å². The number of rotatable bonds is 8. The van der Waals surface area contributed by atoms with Crippen molar-refractivity contribution in [3.05, 3.63) is 24.3 Å². The zero-order valence-corrected chi connectivity index (χ0v) is 12.7. The Balaban J connectivity index is 2.32. The molecule has 1 aromatic rings. The number of ether oxygens (including phenoxy) is 1. The number of nitrogens with two attached hydrogens (primary N) is 1. The van der Waals surface area contributed by atoms with Gasteiger partial charge in [-0.3, -0.25) is 4.79 Å². The first kappa shape index (κ1) is 16.7. The molecule has 1 amide bonds. The Morgan fingerprint density at radius 2 is 2.20 bits per heavy atom. The molecule has 0 saturated heterocycles. The second kappa shape index (κ2) is 8.71. The summed E-state index contributed by atoms with van der Waals surface area (Å²) in [4.78, 5) is 11.8. The van der Waals surface area contributed by atoms with Crippen LogP contribution < -0.4 is 15.8 Å². The summed E-state index contributed by atoms with van der Waals surface area (Å²) in [6.07, 6.45) is 2.16. The van der Waals surface area contributed by atoms with Crippen LogP contribution in [0.25, 0.3) is 0 Å². The van der Waals surface area contributed by atoms with Gasteiger partial charge in [0.1, 0.15) is 5.75 Å². The van der Waals surface area contributed by atoms with Crippen molar-refractivity contribution in [3.63, 3.8) is 0 Å². The fourth-order valence-electron chi connectivity index (χ4n) is 1.72. The molecule has 0 bridgehead atoms. The van der Waals surface area contributed by atoms with Crippen LogP contribution in [0.1, 0.15) is 13.3 Å². The van der Waals surface area contributed by atoms with Crippen LogP contribution in [0.3, 0.4) is 0 Å². The fraction of sp³-hybridized carbons (Fsp3) is 0.500. The third kappa shape index (κ3) is 5.30. The van der Waals surface area contributed by atoms with Crippen molar-refractivity contribution in [1.82, 2.24) is 5.32 Å². The number of aliphatic hydroxyl groups excluding tert-OH is 1. The number of carbonyl (C=O) groups is 1. The highest BCUT2D eigenvalue weighted by Crippen LogP contribution is 2.19. The lowest BCUT2D eigenvalue weighted by atomic mass is 10.2. The Kier molecular flexibility index (Phi) is 7.25. The van der Waals surface area contributed by atoms with Gasteiger partial charge in [-0.2, -0.15) is 11.8 Å². The van der Waals surface area contributed by atoms with Crippen LogP contribution in [0.15, 0.2) is 24.3 Å². The van der Waals surface area contributed by atoms with E-state index in [0.29, 0.717) is 11.4 Å². The van der Waals surface area contributed by atoms with Crippen LogP contribution >= 0.6 is 11.8 Å². The molecule has 0 saturated carbocycles. The Hall–Kier alpha value is -1.40. The number of anilines is 1. The van der Waals surface area contributed by atoms with E-state index in [1.54, 1.807) is 12.1 Å². The third-order valence-corrected chi connectivity index (χ3v) is 4.10. The number of amides is 1. The van der Waals surface area contributed by atoms with Gasteiger partial charge in [0, 0.05) is 11.3 Å². The van der Waals surface area contributed by atoms with E-state index in [1.165, 1.54) is 11.8 Å². The van der Waals surface area contributed by atoms with Gasteiger partial charge in [-0.15, -0.1) is 0 Å². The maximum absolute atomic E-state index is 11.8. The van der Waals surface area contributed by atoms with E-state index >= 15 is 0 Å². The highest BCUT2D eigenvalue weighted by Gasteiger charge is 2.17. The number of benzene rings is 1. The molecule has 0 radical (unpaired) electrons. The molecule has 1 rings (SSSR count).